The highest BCUT2D eigenvalue weighted by molar-refractivity contribution is 5.88. The van der Waals surface area contributed by atoms with Gasteiger partial charge in [0.15, 0.2) is 0 Å². The van der Waals surface area contributed by atoms with Crippen LogP contribution in [0.3, 0.4) is 0 Å². The fraction of sp³-hybridized carbons (Fsp3) is 0.917. The van der Waals surface area contributed by atoms with Crippen molar-refractivity contribution in [3.05, 3.63) is 0 Å². The van der Waals surface area contributed by atoms with Gasteiger partial charge >= 0.3 is 0 Å². The van der Waals surface area contributed by atoms with Gasteiger partial charge in [-0.05, 0) is 12.8 Å². The molecule has 1 atom stereocenters. The zero-order valence-electron chi connectivity index (χ0n) is 9.79. The minimum absolute atomic E-state index is 0.0725. The maximum absolute atomic E-state index is 12.0. The average molecular weight is 211 g/mol. The van der Waals surface area contributed by atoms with Crippen LogP contribution in [-0.4, -0.2) is 43.5 Å². The molecular formula is C12H21NO2. The first-order valence-corrected chi connectivity index (χ1v) is 5.94. The first-order valence-electron chi connectivity index (χ1n) is 5.94. The lowest BCUT2D eigenvalue weighted by Gasteiger charge is -2.29. The first-order chi connectivity index (χ1) is 7.09. The van der Waals surface area contributed by atoms with Crippen LogP contribution in [0.1, 0.15) is 26.7 Å². The number of ketones is 1. The summed E-state index contributed by atoms with van der Waals surface area (Å²) in [6, 6.07) is 0. The van der Waals surface area contributed by atoms with Crippen molar-refractivity contribution < 1.29 is 9.53 Å². The van der Waals surface area contributed by atoms with Crippen LogP contribution < -0.4 is 0 Å². The lowest BCUT2D eigenvalue weighted by molar-refractivity contribution is -0.128. The van der Waals surface area contributed by atoms with Gasteiger partial charge in [0.1, 0.15) is 5.78 Å². The molecule has 0 aromatic rings. The molecule has 1 aliphatic carbocycles. The van der Waals surface area contributed by atoms with Gasteiger partial charge < -0.3 is 4.74 Å². The van der Waals surface area contributed by atoms with Crippen LogP contribution in [0, 0.1) is 11.3 Å². The highest BCUT2D eigenvalue weighted by Crippen LogP contribution is 2.37. The molecule has 2 aliphatic rings. The SMILES string of the molecule is CC1(C)CCC(CN2CCOCC2)C1=O. The number of carbonyl (C=O) groups is 1. The quantitative estimate of drug-likeness (QED) is 0.690. The lowest BCUT2D eigenvalue weighted by atomic mass is 9.89. The monoisotopic (exact) mass is 211 g/mol. The second-order valence-electron chi connectivity index (χ2n) is 5.40. The Kier molecular flexibility index (Phi) is 3.12. The van der Waals surface area contributed by atoms with Crippen molar-refractivity contribution in [2.24, 2.45) is 11.3 Å². The molecule has 0 amide bonds. The summed E-state index contributed by atoms with van der Waals surface area (Å²) in [6.45, 7) is 8.73. The summed E-state index contributed by atoms with van der Waals surface area (Å²) in [6.07, 6.45) is 2.13. The van der Waals surface area contributed by atoms with Crippen LogP contribution in [0.25, 0.3) is 0 Å². The maximum Gasteiger partial charge on any atom is 0.142 e. The van der Waals surface area contributed by atoms with Gasteiger partial charge in [-0.3, -0.25) is 9.69 Å². The molecule has 2 fully saturated rings. The molecule has 0 N–H and O–H groups in total. The van der Waals surface area contributed by atoms with Crippen molar-refractivity contribution in [2.45, 2.75) is 26.7 Å². The number of ether oxygens (including phenoxy) is 1. The first kappa shape index (κ1) is 11.1. The van der Waals surface area contributed by atoms with Crippen molar-refractivity contribution >= 4 is 5.78 Å². The Balaban J connectivity index is 1.87. The van der Waals surface area contributed by atoms with Crippen LogP contribution in [0.2, 0.25) is 0 Å². The molecule has 1 aliphatic heterocycles. The molecule has 1 unspecified atom stereocenters. The highest BCUT2D eigenvalue weighted by Gasteiger charge is 2.40. The molecular weight excluding hydrogens is 190 g/mol. The van der Waals surface area contributed by atoms with Crippen LogP contribution >= 0.6 is 0 Å². The molecule has 3 nitrogen and oxygen atoms in total. The number of nitrogens with zero attached hydrogens (tertiary/aromatic N) is 1. The molecule has 0 aromatic heterocycles. The van der Waals surface area contributed by atoms with E-state index < -0.39 is 0 Å². The largest absolute Gasteiger partial charge is 0.379 e. The lowest BCUT2D eigenvalue weighted by Crippen LogP contribution is -2.41. The number of carbonyl (C=O) groups excluding carboxylic acids is 1. The summed E-state index contributed by atoms with van der Waals surface area (Å²) in [4.78, 5) is 14.4. The van der Waals surface area contributed by atoms with E-state index >= 15 is 0 Å². The number of morpholine rings is 1. The van der Waals surface area contributed by atoms with Gasteiger partial charge in [-0.1, -0.05) is 13.8 Å². The van der Waals surface area contributed by atoms with E-state index in [2.05, 4.69) is 18.7 Å². The van der Waals surface area contributed by atoms with Gasteiger partial charge in [0, 0.05) is 31.0 Å². The van der Waals surface area contributed by atoms with E-state index in [0.717, 1.165) is 45.7 Å². The molecule has 1 saturated heterocycles. The van der Waals surface area contributed by atoms with Crippen molar-refractivity contribution in [3.8, 4) is 0 Å². The van der Waals surface area contributed by atoms with E-state index in [1.807, 2.05) is 0 Å². The Bertz CT molecular complexity index is 244. The van der Waals surface area contributed by atoms with Gasteiger partial charge in [-0.2, -0.15) is 0 Å². The van der Waals surface area contributed by atoms with Crippen molar-refractivity contribution in [1.29, 1.82) is 0 Å². The van der Waals surface area contributed by atoms with Crippen LogP contribution in [-0.2, 0) is 9.53 Å². The molecule has 15 heavy (non-hydrogen) atoms. The average Bonchev–Trinajstić information content (AvgIpc) is 2.47. The van der Waals surface area contributed by atoms with E-state index in [0.29, 0.717) is 5.78 Å². The fourth-order valence-electron chi connectivity index (χ4n) is 2.61. The normalized spacial score (nSPS) is 32.1. The summed E-state index contributed by atoms with van der Waals surface area (Å²) >= 11 is 0. The second-order valence-corrected chi connectivity index (χ2v) is 5.40. The topological polar surface area (TPSA) is 29.5 Å². The van der Waals surface area contributed by atoms with Crippen molar-refractivity contribution in [1.82, 2.24) is 4.90 Å². The van der Waals surface area contributed by atoms with E-state index in [1.165, 1.54) is 0 Å². The molecule has 2 rings (SSSR count). The van der Waals surface area contributed by atoms with Crippen LogP contribution in [0.15, 0.2) is 0 Å². The minimum Gasteiger partial charge on any atom is -0.379 e. The zero-order chi connectivity index (χ0) is 10.9. The maximum atomic E-state index is 12.0. The molecule has 1 heterocycles. The fourth-order valence-corrected chi connectivity index (χ4v) is 2.61. The minimum atomic E-state index is -0.0725. The number of hydrogen-bond donors (Lipinski definition) is 0. The van der Waals surface area contributed by atoms with Gasteiger partial charge in [0.05, 0.1) is 13.2 Å². The summed E-state index contributed by atoms with van der Waals surface area (Å²) in [5.41, 5.74) is -0.0725. The summed E-state index contributed by atoms with van der Waals surface area (Å²) in [5.74, 6) is 0.743. The predicted molar refractivity (Wildman–Crippen MR) is 58.8 cm³/mol. The summed E-state index contributed by atoms with van der Waals surface area (Å²) in [5, 5.41) is 0. The smallest absolute Gasteiger partial charge is 0.142 e. The Morgan fingerprint density at radius 1 is 1.40 bits per heavy atom. The third-order valence-corrected chi connectivity index (χ3v) is 3.74. The molecule has 1 saturated carbocycles. The summed E-state index contributed by atoms with van der Waals surface area (Å²) < 4.78 is 5.31. The summed E-state index contributed by atoms with van der Waals surface area (Å²) in [7, 11) is 0. The van der Waals surface area contributed by atoms with Gasteiger partial charge in [-0.15, -0.1) is 0 Å². The van der Waals surface area contributed by atoms with Crippen molar-refractivity contribution in [3.63, 3.8) is 0 Å². The Labute approximate surface area is 91.8 Å². The highest BCUT2D eigenvalue weighted by atomic mass is 16.5. The van der Waals surface area contributed by atoms with Gasteiger partial charge in [0.25, 0.3) is 0 Å². The van der Waals surface area contributed by atoms with E-state index in [-0.39, 0.29) is 11.3 Å². The number of hydrogen-bond acceptors (Lipinski definition) is 3. The second kappa shape index (κ2) is 4.22. The molecule has 0 spiro atoms. The molecule has 0 radical (unpaired) electrons. The Morgan fingerprint density at radius 3 is 2.60 bits per heavy atom. The standard InChI is InChI=1S/C12H21NO2/c1-12(2)4-3-10(11(12)14)9-13-5-7-15-8-6-13/h10H,3-9H2,1-2H3. The third-order valence-electron chi connectivity index (χ3n) is 3.74. The van der Waals surface area contributed by atoms with Gasteiger partial charge in [0.2, 0.25) is 0 Å². The van der Waals surface area contributed by atoms with E-state index in [1.54, 1.807) is 0 Å². The molecule has 3 heteroatoms. The van der Waals surface area contributed by atoms with Crippen LogP contribution in [0.4, 0.5) is 0 Å². The Hall–Kier alpha value is -0.410. The molecule has 0 aromatic carbocycles. The van der Waals surface area contributed by atoms with E-state index in [9.17, 15) is 4.79 Å². The van der Waals surface area contributed by atoms with Gasteiger partial charge in [-0.25, -0.2) is 0 Å². The third kappa shape index (κ3) is 2.40. The van der Waals surface area contributed by atoms with E-state index in [4.69, 9.17) is 4.74 Å². The molecule has 86 valence electrons. The van der Waals surface area contributed by atoms with Crippen LogP contribution in [0.5, 0.6) is 0 Å². The molecule has 0 bridgehead atoms. The Morgan fingerprint density at radius 2 is 2.07 bits per heavy atom. The zero-order valence-corrected chi connectivity index (χ0v) is 9.79. The number of rotatable bonds is 2. The number of Topliss-reactive ketones (excluding diaryl/α,β-unsaturated/α-hetero) is 1. The predicted octanol–water partition coefficient (Wildman–Crippen LogP) is 1.32. The van der Waals surface area contributed by atoms with Crippen molar-refractivity contribution in [2.75, 3.05) is 32.8 Å².